The van der Waals surface area contributed by atoms with Crippen LogP contribution in [0.25, 0.3) is 33.2 Å². The van der Waals surface area contributed by atoms with Crippen LogP contribution in [-0.2, 0) is 9.31 Å². The van der Waals surface area contributed by atoms with Gasteiger partial charge < -0.3 is 49.9 Å². The van der Waals surface area contributed by atoms with E-state index in [2.05, 4.69) is 106 Å². The number of rotatable bonds is 8. The Labute approximate surface area is 415 Å². The SMILES string of the molecule is C.Cc1nc2cccc(-c3cc4n(c3)C(CCO)CNC4=O)c2nc1NC(C)(C)C.Cc1nc2cccc(B3OC(C)(C)C(C)(C)O3)c2nc1NC(C)(C)C.O=C1NCC(CCO)n2cc(Br)cc21. The van der Waals surface area contributed by atoms with Crippen LogP contribution in [0.5, 0.6) is 0 Å². The molecule has 2 unspecified atom stereocenters. The summed E-state index contributed by atoms with van der Waals surface area (Å²) < 4.78 is 17.2. The predicted octanol–water partition coefficient (Wildman–Crippen LogP) is 8.29. The van der Waals surface area contributed by atoms with E-state index < -0.39 is 7.12 Å². The number of halogens is 1. The lowest BCUT2D eigenvalue weighted by Crippen LogP contribution is -2.41. The summed E-state index contributed by atoms with van der Waals surface area (Å²) in [6, 6.07) is 15.8. The Morgan fingerprint density at radius 3 is 1.70 bits per heavy atom. The average molecular weight is 1010 g/mol. The molecular weight excluding hydrogens is 939 g/mol. The molecule has 3 aliphatic heterocycles. The van der Waals surface area contributed by atoms with Crippen molar-refractivity contribution in [3.05, 3.63) is 88.2 Å². The van der Waals surface area contributed by atoms with E-state index in [-0.39, 0.29) is 66.8 Å². The number of aliphatic hydroxyl groups is 2. The third-order valence-corrected chi connectivity index (χ3v) is 12.8. The highest BCUT2D eigenvalue weighted by molar-refractivity contribution is 9.10. The van der Waals surface area contributed by atoms with Crippen molar-refractivity contribution in [1.29, 1.82) is 0 Å². The van der Waals surface area contributed by atoms with Crippen LogP contribution in [0.3, 0.4) is 0 Å². The molecule has 2 amide bonds. The third kappa shape index (κ3) is 11.8. The number of aliphatic hydroxyl groups excluding tert-OH is 2. The Morgan fingerprint density at radius 1 is 0.725 bits per heavy atom. The van der Waals surface area contributed by atoms with Gasteiger partial charge in [0.05, 0.1) is 56.7 Å². The number of benzene rings is 2. The number of anilines is 2. The molecule has 2 atom stereocenters. The normalized spacial score (nSPS) is 18.2. The maximum atomic E-state index is 12.4. The van der Waals surface area contributed by atoms with Gasteiger partial charge in [0, 0.05) is 70.8 Å². The largest absolute Gasteiger partial charge is 0.497 e. The molecule has 1 saturated heterocycles. The molecule has 370 valence electrons. The number of aryl methyl sites for hydroxylation is 2. The van der Waals surface area contributed by atoms with Crippen LogP contribution in [0.2, 0.25) is 0 Å². The molecule has 0 saturated carbocycles. The van der Waals surface area contributed by atoms with E-state index in [1.165, 1.54) is 0 Å². The summed E-state index contributed by atoms with van der Waals surface area (Å²) in [6.07, 6.45) is 5.12. The summed E-state index contributed by atoms with van der Waals surface area (Å²) in [5, 5.41) is 30.8. The molecule has 16 nitrogen and oxygen atoms in total. The van der Waals surface area contributed by atoms with Crippen molar-refractivity contribution in [2.24, 2.45) is 0 Å². The Balaban J connectivity index is 0.000000178. The molecule has 69 heavy (non-hydrogen) atoms. The van der Waals surface area contributed by atoms with Crippen molar-refractivity contribution in [1.82, 2.24) is 39.7 Å². The van der Waals surface area contributed by atoms with Crippen LogP contribution in [0.4, 0.5) is 11.6 Å². The summed E-state index contributed by atoms with van der Waals surface area (Å²) in [6.45, 7) is 26.1. The highest BCUT2D eigenvalue weighted by Crippen LogP contribution is 2.37. The zero-order chi connectivity index (χ0) is 49.5. The van der Waals surface area contributed by atoms with Crippen molar-refractivity contribution in [2.75, 3.05) is 36.9 Å². The Hall–Kier alpha value is -5.40. The van der Waals surface area contributed by atoms with Gasteiger partial charge in [-0.1, -0.05) is 31.7 Å². The fourth-order valence-corrected chi connectivity index (χ4v) is 8.75. The minimum Gasteiger partial charge on any atom is -0.399 e. The molecule has 1 fully saturated rings. The minimum absolute atomic E-state index is 0. The van der Waals surface area contributed by atoms with Gasteiger partial charge >= 0.3 is 7.12 Å². The zero-order valence-corrected chi connectivity index (χ0v) is 42.9. The molecular formula is C51H70BBrN10O6. The number of carbonyl (C=O) groups is 2. The van der Waals surface area contributed by atoms with Crippen molar-refractivity contribution in [3.8, 4) is 11.1 Å². The highest BCUT2D eigenvalue weighted by atomic mass is 79.9. The van der Waals surface area contributed by atoms with E-state index in [4.69, 9.17) is 34.4 Å². The van der Waals surface area contributed by atoms with E-state index >= 15 is 0 Å². The summed E-state index contributed by atoms with van der Waals surface area (Å²) in [7, 11) is -0.451. The van der Waals surface area contributed by atoms with Crippen LogP contribution >= 0.6 is 15.9 Å². The van der Waals surface area contributed by atoms with Gasteiger partial charge in [0.1, 0.15) is 23.0 Å². The average Bonchev–Trinajstić information content (AvgIpc) is 3.93. The summed E-state index contributed by atoms with van der Waals surface area (Å²) in [4.78, 5) is 43.0. The molecule has 4 aromatic heterocycles. The molecule has 9 rings (SSSR count). The predicted molar refractivity (Wildman–Crippen MR) is 279 cm³/mol. The van der Waals surface area contributed by atoms with Crippen LogP contribution in [-0.4, -0.2) is 107 Å². The molecule has 0 radical (unpaired) electrons. The fraction of sp³-hybridized carbons (Fsp3) is 0.490. The van der Waals surface area contributed by atoms with Gasteiger partial charge in [-0.05, 0) is 136 Å². The number of nitrogens with zero attached hydrogens (tertiary/aromatic N) is 6. The van der Waals surface area contributed by atoms with Crippen LogP contribution in [0.1, 0.15) is 134 Å². The molecule has 18 heteroatoms. The first-order valence-electron chi connectivity index (χ1n) is 23.2. The lowest BCUT2D eigenvalue weighted by molar-refractivity contribution is 0.00578. The second-order valence-electron chi connectivity index (χ2n) is 20.8. The number of amides is 2. The maximum Gasteiger partial charge on any atom is 0.497 e. The molecule has 0 aliphatic carbocycles. The molecule has 3 aliphatic rings. The molecule has 0 bridgehead atoms. The van der Waals surface area contributed by atoms with Crippen molar-refractivity contribution in [3.63, 3.8) is 0 Å². The number of hydrogen-bond donors (Lipinski definition) is 6. The van der Waals surface area contributed by atoms with E-state index in [9.17, 15) is 14.7 Å². The topological polar surface area (TPSA) is 203 Å². The summed E-state index contributed by atoms with van der Waals surface area (Å²) >= 11 is 3.34. The van der Waals surface area contributed by atoms with Crippen molar-refractivity contribution >= 4 is 74.0 Å². The van der Waals surface area contributed by atoms with E-state index in [0.29, 0.717) is 37.3 Å². The quantitative estimate of drug-likeness (QED) is 0.0798. The molecule has 6 aromatic rings. The Morgan fingerprint density at radius 2 is 1.19 bits per heavy atom. The highest BCUT2D eigenvalue weighted by Gasteiger charge is 2.52. The van der Waals surface area contributed by atoms with Gasteiger partial charge in [-0.2, -0.15) is 0 Å². The Bertz CT molecular complexity index is 2810. The van der Waals surface area contributed by atoms with Gasteiger partial charge in [-0.25, -0.2) is 19.9 Å². The first-order chi connectivity index (χ1) is 31.9. The van der Waals surface area contributed by atoms with Gasteiger partial charge in [0.15, 0.2) is 0 Å². The summed E-state index contributed by atoms with van der Waals surface area (Å²) in [5.74, 6) is 1.41. The lowest BCUT2D eigenvalue weighted by Gasteiger charge is -2.32. The number of aromatic nitrogens is 6. The minimum atomic E-state index is -0.451. The smallest absolute Gasteiger partial charge is 0.399 e. The number of fused-ring (bicyclic) bond motifs is 4. The van der Waals surface area contributed by atoms with E-state index in [1.807, 2.05) is 77.8 Å². The van der Waals surface area contributed by atoms with Crippen molar-refractivity contribution < 1.29 is 29.1 Å². The molecule has 2 aromatic carbocycles. The molecule has 7 heterocycles. The number of carbonyl (C=O) groups excluding carboxylic acids is 2. The zero-order valence-electron chi connectivity index (χ0n) is 41.3. The second-order valence-corrected chi connectivity index (χ2v) is 21.7. The number of para-hydroxylation sites is 2. The van der Waals surface area contributed by atoms with Gasteiger partial charge in [-0.3, -0.25) is 9.59 Å². The van der Waals surface area contributed by atoms with Crippen LogP contribution in [0, 0.1) is 13.8 Å². The fourth-order valence-electron chi connectivity index (χ4n) is 8.31. The monoisotopic (exact) mass is 1010 g/mol. The third-order valence-electron chi connectivity index (χ3n) is 12.4. The molecule has 6 N–H and O–H groups in total. The van der Waals surface area contributed by atoms with Gasteiger partial charge in [0.2, 0.25) is 0 Å². The summed E-state index contributed by atoms with van der Waals surface area (Å²) in [5.41, 5.74) is 8.06. The van der Waals surface area contributed by atoms with E-state index in [0.717, 1.165) is 66.2 Å². The molecule has 0 spiro atoms. The first-order valence-corrected chi connectivity index (χ1v) is 24.0. The van der Waals surface area contributed by atoms with Crippen LogP contribution < -0.4 is 26.7 Å². The van der Waals surface area contributed by atoms with Crippen LogP contribution in [0.15, 0.2) is 65.4 Å². The van der Waals surface area contributed by atoms with Crippen molar-refractivity contribution in [2.45, 2.75) is 138 Å². The second kappa shape index (κ2) is 20.5. The standard InChI is InChI=1S/C22H27N5O2.C19H28BN3O2.C9H11BrN2O2.CH4/c1-13-20(26-22(2,3)4)25-19-16(6-5-7-17(19)24-13)14-10-18-21(29)23-11-15(8-9-28)27(18)12-14;1-12-16(23-17(2,3)4)22-15-13(10-9-11-14(15)21-12)20-24-18(5,6)19(7,8)25-20;10-6-3-8-9(14)11-4-7(1-2-13)12(8)5-6;/h5-7,10,12,15,28H,8-9,11H2,1-4H3,(H,23,29)(H,25,26);9-11H,1-8H3,(H,22,23);3,5,7,13H,1-2,4H2,(H,11,14);1H4. The van der Waals surface area contributed by atoms with Gasteiger partial charge in [0.25, 0.3) is 11.8 Å². The lowest BCUT2D eigenvalue weighted by atomic mass is 9.78. The van der Waals surface area contributed by atoms with Gasteiger partial charge in [-0.15, -0.1) is 0 Å². The first kappa shape index (κ1) is 53.0. The maximum absolute atomic E-state index is 12.4. The number of hydrogen-bond acceptors (Lipinski definition) is 12. The van der Waals surface area contributed by atoms with E-state index in [1.54, 1.807) is 6.07 Å². The number of nitrogens with one attached hydrogen (secondary N) is 4. The Kier molecular flexibility index (Phi) is 15.8.